The van der Waals surface area contributed by atoms with Gasteiger partial charge in [0.25, 0.3) is 6.20 Å². The van der Waals surface area contributed by atoms with Gasteiger partial charge in [0, 0.05) is 5.56 Å². The van der Waals surface area contributed by atoms with Crippen molar-refractivity contribution in [3.63, 3.8) is 0 Å². The van der Waals surface area contributed by atoms with E-state index in [0.29, 0.717) is 6.54 Å². The van der Waals surface area contributed by atoms with Gasteiger partial charge in [-0.3, -0.25) is 4.52 Å². The molecule has 0 unspecified atom stereocenters. The van der Waals surface area contributed by atoms with Crippen molar-refractivity contribution in [1.82, 2.24) is 5.27 Å². The van der Waals surface area contributed by atoms with Gasteiger partial charge >= 0.3 is 5.88 Å². The van der Waals surface area contributed by atoms with Gasteiger partial charge in [-0.2, -0.15) is 0 Å². The summed E-state index contributed by atoms with van der Waals surface area (Å²) in [6.45, 7) is 0.588. The fourth-order valence-electron chi connectivity index (χ4n) is 1.22. The molecule has 15 heavy (non-hydrogen) atoms. The second-order valence-electron chi connectivity index (χ2n) is 2.95. The molecule has 1 N–H and O–H groups in total. The highest BCUT2D eigenvalue weighted by Gasteiger charge is 2.11. The van der Waals surface area contributed by atoms with Crippen LogP contribution in [0.2, 0.25) is 0 Å². The molecule has 0 spiro atoms. The van der Waals surface area contributed by atoms with Crippen LogP contribution in [0, 0.1) is 4.91 Å². The Morgan fingerprint density at radius 3 is 2.93 bits per heavy atom. The first-order chi connectivity index (χ1) is 7.38. The maximum Gasteiger partial charge on any atom is 0.318 e. The highest BCUT2D eigenvalue weighted by molar-refractivity contribution is 5.20. The number of aromatic nitrogens is 2. The van der Waals surface area contributed by atoms with Crippen LogP contribution in [0.3, 0.4) is 0 Å². The van der Waals surface area contributed by atoms with Crippen LogP contribution < -0.4 is 10.1 Å². The first kappa shape index (κ1) is 9.32. The topological polar surface area (TPSA) is 71.4 Å². The molecule has 0 aliphatic heterocycles. The lowest BCUT2D eigenvalue weighted by molar-refractivity contribution is -0.754. The molecule has 1 aromatic carbocycles. The van der Waals surface area contributed by atoms with E-state index in [0.717, 1.165) is 5.56 Å². The smallest absolute Gasteiger partial charge is 0.280 e. The largest absolute Gasteiger partial charge is 0.318 e. The van der Waals surface area contributed by atoms with Gasteiger partial charge in [0.05, 0.1) is 5.29 Å². The zero-order valence-electron chi connectivity index (χ0n) is 7.83. The van der Waals surface area contributed by atoms with Gasteiger partial charge in [0.15, 0.2) is 0 Å². The molecule has 0 radical (unpaired) electrons. The van der Waals surface area contributed by atoms with E-state index in [4.69, 9.17) is 4.52 Å². The Kier molecular flexibility index (Phi) is 2.68. The minimum atomic E-state index is 0.223. The van der Waals surface area contributed by atoms with Gasteiger partial charge in [-0.25, -0.2) is 5.43 Å². The molecule has 76 valence electrons. The molecule has 0 fully saturated rings. The minimum absolute atomic E-state index is 0.223. The number of nitrogens with one attached hydrogen (secondary N) is 1. The van der Waals surface area contributed by atoms with Crippen LogP contribution in [-0.4, -0.2) is 5.27 Å². The van der Waals surface area contributed by atoms with Crippen LogP contribution >= 0.6 is 0 Å². The summed E-state index contributed by atoms with van der Waals surface area (Å²) in [5.74, 6) is 0.223. The number of nitroso groups, excluding NO2 is 1. The van der Waals surface area contributed by atoms with Crippen molar-refractivity contribution in [2.24, 2.45) is 5.29 Å². The van der Waals surface area contributed by atoms with Crippen molar-refractivity contribution in [3.8, 4) is 0 Å². The Bertz CT molecular complexity index is 440. The van der Waals surface area contributed by atoms with Crippen molar-refractivity contribution in [3.05, 3.63) is 47.0 Å². The van der Waals surface area contributed by atoms with E-state index in [1.807, 2.05) is 30.3 Å². The minimum Gasteiger partial charge on any atom is -0.280 e. The molecule has 6 nitrogen and oxygen atoms in total. The summed E-state index contributed by atoms with van der Waals surface area (Å²) in [6.07, 6.45) is 1.56. The molecule has 2 aromatic rings. The lowest BCUT2D eigenvalue weighted by Gasteiger charge is -1.89. The van der Waals surface area contributed by atoms with E-state index in [1.165, 1.54) is 0 Å². The monoisotopic (exact) mass is 205 g/mol. The summed E-state index contributed by atoms with van der Waals surface area (Å²) >= 11 is 0. The number of hydrogen-bond acceptors (Lipinski definition) is 4. The van der Waals surface area contributed by atoms with Crippen LogP contribution in [0.4, 0.5) is 5.88 Å². The highest BCUT2D eigenvalue weighted by atomic mass is 16.5. The van der Waals surface area contributed by atoms with Crippen LogP contribution in [0.5, 0.6) is 0 Å². The fraction of sp³-hybridized carbons (Fsp3) is 0.111. The fourth-order valence-corrected chi connectivity index (χ4v) is 1.22. The van der Waals surface area contributed by atoms with Gasteiger partial charge < -0.3 is 0 Å². The molecular formula is C9H9N4O2+. The maximum atomic E-state index is 9.88. The number of hydrogen-bond donors (Lipinski definition) is 1. The van der Waals surface area contributed by atoms with Crippen LogP contribution in [0.1, 0.15) is 5.56 Å². The van der Waals surface area contributed by atoms with Crippen molar-refractivity contribution in [2.75, 3.05) is 5.43 Å². The van der Waals surface area contributed by atoms with E-state index in [1.54, 1.807) is 10.9 Å². The Morgan fingerprint density at radius 1 is 1.40 bits per heavy atom. The van der Waals surface area contributed by atoms with Gasteiger partial charge in [0.1, 0.15) is 0 Å². The van der Waals surface area contributed by atoms with Crippen LogP contribution in [0.15, 0.2) is 46.3 Å². The van der Waals surface area contributed by atoms with Gasteiger partial charge in [-0.15, -0.1) is 4.91 Å². The SMILES string of the molecule is O=NNc1c[n+](Cc2ccccc2)no1. The predicted octanol–water partition coefficient (Wildman–Crippen LogP) is 1.10. The molecule has 0 atom stereocenters. The first-order valence-electron chi connectivity index (χ1n) is 4.37. The van der Waals surface area contributed by atoms with Gasteiger partial charge in [0.2, 0.25) is 11.8 Å². The molecule has 0 amide bonds. The molecule has 0 aliphatic carbocycles. The molecule has 2 rings (SSSR count). The van der Waals surface area contributed by atoms with E-state index in [2.05, 4.69) is 16.0 Å². The zero-order valence-corrected chi connectivity index (χ0v) is 7.83. The molecule has 6 heteroatoms. The highest BCUT2D eigenvalue weighted by Crippen LogP contribution is 2.01. The second-order valence-corrected chi connectivity index (χ2v) is 2.95. The van der Waals surface area contributed by atoms with Crippen LogP contribution in [0.25, 0.3) is 0 Å². The summed E-state index contributed by atoms with van der Waals surface area (Å²) in [5, 5.41) is 6.19. The third kappa shape index (κ3) is 2.37. The number of anilines is 1. The van der Waals surface area contributed by atoms with E-state index < -0.39 is 0 Å². The van der Waals surface area contributed by atoms with Crippen molar-refractivity contribution >= 4 is 5.88 Å². The van der Waals surface area contributed by atoms with Crippen LogP contribution in [-0.2, 0) is 6.54 Å². The van der Waals surface area contributed by atoms with Gasteiger partial charge in [-0.05, 0) is 4.68 Å². The second kappa shape index (κ2) is 4.32. The summed E-state index contributed by atoms with van der Waals surface area (Å²) < 4.78 is 6.36. The van der Waals surface area contributed by atoms with Crippen molar-refractivity contribution < 1.29 is 9.20 Å². The zero-order chi connectivity index (χ0) is 10.5. The number of benzene rings is 1. The Balaban J connectivity index is 2.08. The Hall–Kier alpha value is -2.24. The lowest BCUT2D eigenvalue weighted by atomic mass is 10.2. The lowest BCUT2D eigenvalue weighted by Crippen LogP contribution is -2.35. The predicted molar refractivity (Wildman–Crippen MR) is 51.7 cm³/mol. The standard InChI is InChI=1S/C9H8N4O2/c14-11-10-9-7-13(12-15-9)6-8-4-2-1-3-5-8/h1-5,7H,6H2/p+1. The molecule has 0 saturated heterocycles. The first-order valence-corrected chi connectivity index (χ1v) is 4.37. The average molecular weight is 205 g/mol. The average Bonchev–Trinajstić information content (AvgIpc) is 2.68. The van der Waals surface area contributed by atoms with Gasteiger partial charge in [-0.1, -0.05) is 30.3 Å². The molecule has 1 aromatic heterocycles. The third-order valence-corrected chi connectivity index (χ3v) is 1.85. The Labute approximate surface area is 85.4 Å². The molecule has 0 bridgehead atoms. The summed E-state index contributed by atoms with van der Waals surface area (Å²) in [4.78, 5) is 9.88. The van der Waals surface area contributed by atoms with E-state index >= 15 is 0 Å². The van der Waals surface area contributed by atoms with Crippen molar-refractivity contribution in [2.45, 2.75) is 6.54 Å². The maximum absolute atomic E-state index is 9.88. The summed E-state index contributed by atoms with van der Waals surface area (Å²) in [6, 6.07) is 9.80. The number of rotatable bonds is 4. The molecule has 0 aliphatic rings. The quantitative estimate of drug-likeness (QED) is 0.461. The summed E-state index contributed by atoms with van der Waals surface area (Å²) in [7, 11) is 0. The third-order valence-electron chi connectivity index (χ3n) is 1.85. The molecule has 0 saturated carbocycles. The normalized spacial score (nSPS) is 9.87. The molecular weight excluding hydrogens is 196 g/mol. The van der Waals surface area contributed by atoms with E-state index in [-0.39, 0.29) is 5.88 Å². The number of nitrogens with zero attached hydrogens (tertiary/aromatic N) is 3. The Morgan fingerprint density at radius 2 is 2.20 bits per heavy atom. The van der Waals surface area contributed by atoms with Crippen molar-refractivity contribution in [1.29, 1.82) is 0 Å². The molecule has 1 heterocycles. The summed E-state index contributed by atoms with van der Waals surface area (Å²) in [5.41, 5.74) is 3.23. The van der Waals surface area contributed by atoms with E-state index in [9.17, 15) is 4.91 Å².